The molecule has 0 amide bonds. The van der Waals surface area contributed by atoms with Gasteiger partial charge in [0.15, 0.2) is 0 Å². The third-order valence-electron chi connectivity index (χ3n) is 5.82. The van der Waals surface area contributed by atoms with Crippen molar-refractivity contribution in [2.45, 2.75) is 50.2 Å². The van der Waals surface area contributed by atoms with Crippen LogP contribution in [0.4, 0.5) is 0 Å². The zero-order chi connectivity index (χ0) is 21.6. The van der Waals surface area contributed by atoms with E-state index in [-0.39, 0.29) is 0 Å². The van der Waals surface area contributed by atoms with E-state index in [2.05, 4.69) is 47.1 Å². The first-order valence-corrected chi connectivity index (χ1v) is 12.4. The third-order valence-corrected chi connectivity index (χ3v) is 7.63. The highest BCUT2D eigenvalue weighted by Crippen LogP contribution is 2.22. The summed E-state index contributed by atoms with van der Waals surface area (Å²) in [5, 5.41) is 0. The lowest BCUT2D eigenvalue weighted by molar-refractivity contribution is 0.0876. The number of likely N-dealkylation sites (tertiary alicyclic amines) is 1. The predicted octanol–water partition coefficient (Wildman–Crippen LogP) is 3.81. The van der Waals surface area contributed by atoms with Crippen LogP contribution in [-0.4, -0.2) is 62.3 Å². The van der Waals surface area contributed by atoms with Gasteiger partial charge in [-0.05, 0) is 55.6 Å². The second-order valence-electron chi connectivity index (χ2n) is 8.42. The van der Waals surface area contributed by atoms with Crippen molar-refractivity contribution < 1.29 is 8.42 Å². The van der Waals surface area contributed by atoms with Crippen molar-refractivity contribution in [3.63, 3.8) is 0 Å². The molecular weight excluding hydrogens is 394 g/mol. The molecule has 3 rings (SSSR count). The largest absolute Gasteiger partial charge is 0.298 e. The molecule has 30 heavy (non-hydrogen) atoms. The van der Waals surface area contributed by atoms with Crippen molar-refractivity contribution >= 4 is 10.0 Å². The van der Waals surface area contributed by atoms with Crippen molar-refractivity contribution in [3.05, 3.63) is 65.7 Å². The third kappa shape index (κ3) is 5.91. The lowest BCUT2D eigenvalue weighted by Gasteiger charge is -2.39. The second kappa shape index (κ2) is 10.5. The number of benzene rings is 2. The van der Waals surface area contributed by atoms with Crippen LogP contribution in [0.1, 0.15) is 37.3 Å². The van der Waals surface area contributed by atoms with Crippen LogP contribution in [0.25, 0.3) is 0 Å². The summed E-state index contributed by atoms with van der Waals surface area (Å²) in [4.78, 5) is 5.47. The van der Waals surface area contributed by atoms with E-state index in [9.17, 15) is 8.42 Å². The standard InChI is InChI=1S/C24H35N3O2S/c1-4-15-27(19-22-12-8-14-24(17-22)30(28,29)25(2)3)23-13-9-16-26(20-23)18-21-10-6-5-7-11-21/h5-8,10-12,14,17,23H,4,9,13,15-16,18-20H2,1-3H3. The molecule has 0 radical (unpaired) electrons. The molecule has 0 bridgehead atoms. The monoisotopic (exact) mass is 429 g/mol. The Kier molecular flexibility index (Phi) is 8.06. The van der Waals surface area contributed by atoms with Gasteiger partial charge in [0, 0.05) is 39.8 Å². The van der Waals surface area contributed by atoms with E-state index < -0.39 is 10.0 Å². The van der Waals surface area contributed by atoms with Gasteiger partial charge in [0.1, 0.15) is 0 Å². The highest BCUT2D eigenvalue weighted by molar-refractivity contribution is 7.89. The van der Waals surface area contributed by atoms with Gasteiger partial charge in [-0.1, -0.05) is 49.4 Å². The number of piperidine rings is 1. The lowest BCUT2D eigenvalue weighted by atomic mass is 10.0. The van der Waals surface area contributed by atoms with Gasteiger partial charge >= 0.3 is 0 Å². The van der Waals surface area contributed by atoms with Crippen LogP contribution in [0.3, 0.4) is 0 Å². The molecule has 1 unspecified atom stereocenters. The summed E-state index contributed by atoms with van der Waals surface area (Å²) in [5.41, 5.74) is 2.42. The molecule has 5 nitrogen and oxygen atoms in total. The smallest absolute Gasteiger partial charge is 0.242 e. The molecule has 2 aromatic rings. The first kappa shape index (κ1) is 22.9. The average molecular weight is 430 g/mol. The molecule has 0 aliphatic carbocycles. The fraction of sp³-hybridized carbons (Fsp3) is 0.500. The van der Waals surface area contributed by atoms with Crippen molar-refractivity contribution in [2.24, 2.45) is 0 Å². The van der Waals surface area contributed by atoms with Crippen LogP contribution < -0.4 is 0 Å². The van der Waals surface area contributed by atoms with Crippen molar-refractivity contribution in [2.75, 3.05) is 33.7 Å². The highest BCUT2D eigenvalue weighted by atomic mass is 32.2. The van der Waals surface area contributed by atoms with Crippen molar-refractivity contribution in [3.8, 4) is 0 Å². The molecule has 0 N–H and O–H groups in total. The lowest BCUT2D eigenvalue weighted by Crippen LogP contribution is -2.47. The van der Waals surface area contributed by atoms with Gasteiger partial charge in [0.2, 0.25) is 10.0 Å². The SMILES string of the molecule is CCCN(Cc1cccc(S(=O)(=O)N(C)C)c1)C1CCCN(Cc2ccccc2)C1. The number of rotatable bonds is 9. The maximum Gasteiger partial charge on any atom is 0.242 e. The van der Waals surface area contributed by atoms with Crippen molar-refractivity contribution in [1.29, 1.82) is 0 Å². The maximum atomic E-state index is 12.5. The summed E-state index contributed by atoms with van der Waals surface area (Å²) in [5.74, 6) is 0. The van der Waals surface area contributed by atoms with Gasteiger partial charge in [0.25, 0.3) is 0 Å². The number of nitrogens with zero attached hydrogens (tertiary/aromatic N) is 3. The quantitative estimate of drug-likeness (QED) is 0.608. The first-order chi connectivity index (χ1) is 14.4. The Labute approximate surface area is 182 Å². The molecule has 6 heteroatoms. The zero-order valence-corrected chi connectivity index (χ0v) is 19.3. The van der Waals surface area contributed by atoms with Gasteiger partial charge in [-0.25, -0.2) is 12.7 Å². The molecule has 164 valence electrons. The summed E-state index contributed by atoms with van der Waals surface area (Å²) in [6.45, 7) is 7.22. The van der Waals surface area contributed by atoms with Gasteiger partial charge in [-0.15, -0.1) is 0 Å². The van der Waals surface area contributed by atoms with Gasteiger partial charge in [-0.3, -0.25) is 9.80 Å². The van der Waals surface area contributed by atoms with E-state index >= 15 is 0 Å². The van der Waals surface area contributed by atoms with E-state index in [4.69, 9.17) is 0 Å². The first-order valence-electron chi connectivity index (χ1n) is 10.9. The van der Waals surface area contributed by atoms with E-state index in [1.165, 1.54) is 22.7 Å². The molecule has 1 heterocycles. The van der Waals surface area contributed by atoms with Crippen LogP contribution >= 0.6 is 0 Å². The van der Waals surface area contributed by atoms with Crippen LogP contribution in [0.5, 0.6) is 0 Å². The summed E-state index contributed by atoms with van der Waals surface area (Å²) in [7, 11) is -0.253. The molecule has 0 saturated carbocycles. The molecule has 1 saturated heterocycles. The summed E-state index contributed by atoms with van der Waals surface area (Å²) in [6.07, 6.45) is 3.48. The predicted molar refractivity (Wildman–Crippen MR) is 123 cm³/mol. The minimum absolute atomic E-state index is 0.371. The molecule has 1 aliphatic rings. The normalized spacial score (nSPS) is 18.2. The Bertz CT molecular complexity index is 900. The number of hydrogen-bond donors (Lipinski definition) is 0. The van der Waals surface area contributed by atoms with Crippen LogP contribution in [0.15, 0.2) is 59.5 Å². The Hall–Kier alpha value is -1.73. The average Bonchev–Trinajstić information content (AvgIpc) is 2.74. The summed E-state index contributed by atoms with van der Waals surface area (Å²) < 4.78 is 26.3. The molecule has 1 aliphatic heterocycles. The number of hydrogen-bond acceptors (Lipinski definition) is 4. The maximum absolute atomic E-state index is 12.5. The Morgan fingerprint density at radius 2 is 1.77 bits per heavy atom. The Morgan fingerprint density at radius 3 is 2.47 bits per heavy atom. The molecule has 1 atom stereocenters. The van der Waals surface area contributed by atoms with Crippen LogP contribution in [-0.2, 0) is 23.1 Å². The van der Waals surface area contributed by atoms with Gasteiger partial charge in [0.05, 0.1) is 4.90 Å². The van der Waals surface area contributed by atoms with E-state index in [1.54, 1.807) is 20.2 Å². The minimum atomic E-state index is -3.41. The molecule has 2 aromatic carbocycles. The fourth-order valence-corrected chi connectivity index (χ4v) is 5.21. The van der Waals surface area contributed by atoms with Crippen LogP contribution in [0, 0.1) is 0 Å². The minimum Gasteiger partial charge on any atom is -0.298 e. The second-order valence-corrected chi connectivity index (χ2v) is 10.6. The van der Waals surface area contributed by atoms with E-state index in [0.29, 0.717) is 10.9 Å². The van der Waals surface area contributed by atoms with Gasteiger partial charge < -0.3 is 0 Å². The molecular formula is C24H35N3O2S. The summed E-state index contributed by atoms with van der Waals surface area (Å²) >= 11 is 0. The Morgan fingerprint density at radius 1 is 1.03 bits per heavy atom. The van der Waals surface area contributed by atoms with E-state index in [1.807, 2.05) is 18.2 Å². The van der Waals surface area contributed by atoms with Crippen molar-refractivity contribution in [1.82, 2.24) is 14.1 Å². The molecule has 1 fully saturated rings. The van der Waals surface area contributed by atoms with E-state index in [0.717, 1.165) is 44.7 Å². The topological polar surface area (TPSA) is 43.9 Å². The fourth-order valence-electron chi connectivity index (χ4n) is 4.24. The molecule has 0 spiro atoms. The summed E-state index contributed by atoms with van der Waals surface area (Å²) in [6, 6.07) is 18.6. The highest BCUT2D eigenvalue weighted by Gasteiger charge is 2.25. The number of sulfonamides is 1. The molecule has 0 aromatic heterocycles. The Balaban J connectivity index is 1.71. The zero-order valence-electron chi connectivity index (χ0n) is 18.5. The van der Waals surface area contributed by atoms with Gasteiger partial charge in [-0.2, -0.15) is 0 Å². The van der Waals surface area contributed by atoms with Crippen LogP contribution in [0.2, 0.25) is 0 Å².